The first kappa shape index (κ1) is 12.8. The average Bonchev–Trinajstić information content (AvgIpc) is 2.34. The molecule has 0 aliphatic heterocycles. The summed E-state index contributed by atoms with van der Waals surface area (Å²) < 4.78 is 12.8. The van der Waals surface area contributed by atoms with Crippen LogP contribution in [0.2, 0.25) is 0 Å². The van der Waals surface area contributed by atoms with E-state index in [4.69, 9.17) is 0 Å². The van der Waals surface area contributed by atoms with Gasteiger partial charge in [0.25, 0.3) is 0 Å². The van der Waals surface area contributed by atoms with Crippen LogP contribution in [0.15, 0.2) is 42.5 Å². The molecule has 94 valence electrons. The van der Waals surface area contributed by atoms with Gasteiger partial charge in [-0.05, 0) is 48.2 Å². The van der Waals surface area contributed by atoms with E-state index in [1.807, 2.05) is 32.0 Å². The topological polar surface area (TPSA) is 20.2 Å². The molecule has 1 nitrogen and oxygen atoms in total. The van der Waals surface area contributed by atoms with Crippen molar-refractivity contribution in [2.24, 2.45) is 0 Å². The number of benzene rings is 2. The third-order valence-electron chi connectivity index (χ3n) is 3.30. The minimum atomic E-state index is -0.592. The molecule has 0 aromatic heterocycles. The Morgan fingerprint density at radius 3 is 2.11 bits per heavy atom. The van der Waals surface area contributed by atoms with Gasteiger partial charge in [0.1, 0.15) is 5.82 Å². The number of aryl methyl sites for hydroxylation is 2. The van der Waals surface area contributed by atoms with E-state index in [2.05, 4.69) is 0 Å². The Bertz CT molecular complexity index is 511. The Hall–Kier alpha value is -1.67. The molecule has 0 amide bonds. The zero-order chi connectivity index (χ0) is 13.1. The van der Waals surface area contributed by atoms with E-state index in [0.29, 0.717) is 6.42 Å². The highest BCUT2D eigenvalue weighted by atomic mass is 19.1. The zero-order valence-corrected chi connectivity index (χ0v) is 10.7. The van der Waals surface area contributed by atoms with Gasteiger partial charge in [0.2, 0.25) is 0 Å². The number of aliphatic hydroxyl groups excluding tert-OH is 1. The molecule has 2 rings (SSSR count). The summed E-state index contributed by atoms with van der Waals surface area (Å²) in [5, 5.41) is 10.2. The molecule has 0 saturated heterocycles. The van der Waals surface area contributed by atoms with Crippen molar-refractivity contribution in [2.45, 2.75) is 26.4 Å². The smallest absolute Gasteiger partial charge is 0.123 e. The molecule has 1 atom stereocenters. The lowest BCUT2D eigenvalue weighted by atomic mass is 9.94. The van der Waals surface area contributed by atoms with E-state index in [9.17, 15) is 9.50 Å². The van der Waals surface area contributed by atoms with Crippen LogP contribution in [0, 0.1) is 19.7 Å². The van der Waals surface area contributed by atoms with Crippen LogP contribution >= 0.6 is 0 Å². The lowest BCUT2D eigenvalue weighted by Crippen LogP contribution is -2.04. The van der Waals surface area contributed by atoms with Gasteiger partial charge in [-0.3, -0.25) is 0 Å². The molecule has 2 aromatic rings. The summed E-state index contributed by atoms with van der Waals surface area (Å²) in [4.78, 5) is 0. The van der Waals surface area contributed by atoms with Gasteiger partial charge in [0, 0.05) is 6.42 Å². The van der Waals surface area contributed by atoms with E-state index in [-0.39, 0.29) is 5.82 Å². The minimum absolute atomic E-state index is 0.280. The maximum absolute atomic E-state index is 12.8. The molecule has 0 spiro atoms. The van der Waals surface area contributed by atoms with Crippen molar-refractivity contribution < 1.29 is 9.50 Å². The highest BCUT2D eigenvalue weighted by Gasteiger charge is 2.11. The van der Waals surface area contributed by atoms with Crippen molar-refractivity contribution >= 4 is 0 Å². The van der Waals surface area contributed by atoms with Crippen LogP contribution in [-0.2, 0) is 6.42 Å². The molecular formula is C16H17FO. The lowest BCUT2D eigenvalue weighted by Gasteiger charge is -2.15. The van der Waals surface area contributed by atoms with Gasteiger partial charge in [0.05, 0.1) is 6.10 Å². The predicted octanol–water partition coefficient (Wildman–Crippen LogP) is 3.72. The summed E-state index contributed by atoms with van der Waals surface area (Å²) >= 11 is 0. The number of halogens is 1. The van der Waals surface area contributed by atoms with Crippen LogP contribution in [0.4, 0.5) is 4.39 Å². The standard InChI is InChI=1S/C16H17FO/c1-11-4-3-5-12(2)15(11)10-16(18)13-6-8-14(17)9-7-13/h3-9,16,18H,10H2,1-2H3. The van der Waals surface area contributed by atoms with Gasteiger partial charge in [-0.2, -0.15) is 0 Å². The SMILES string of the molecule is Cc1cccc(C)c1CC(O)c1ccc(F)cc1. The number of aliphatic hydroxyl groups is 1. The van der Waals surface area contributed by atoms with Crippen molar-refractivity contribution in [3.63, 3.8) is 0 Å². The van der Waals surface area contributed by atoms with E-state index >= 15 is 0 Å². The van der Waals surface area contributed by atoms with E-state index < -0.39 is 6.10 Å². The van der Waals surface area contributed by atoms with Crippen LogP contribution in [-0.4, -0.2) is 5.11 Å². The summed E-state index contributed by atoms with van der Waals surface area (Å²) in [6, 6.07) is 12.1. The molecule has 0 saturated carbocycles. The fraction of sp³-hybridized carbons (Fsp3) is 0.250. The van der Waals surface area contributed by atoms with Gasteiger partial charge in [-0.1, -0.05) is 30.3 Å². The van der Waals surface area contributed by atoms with Crippen molar-refractivity contribution in [3.05, 3.63) is 70.5 Å². The van der Waals surface area contributed by atoms with Crippen LogP contribution in [0.3, 0.4) is 0 Å². The fourth-order valence-electron chi connectivity index (χ4n) is 2.17. The van der Waals surface area contributed by atoms with Crippen LogP contribution < -0.4 is 0 Å². The molecule has 2 heteroatoms. The highest BCUT2D eigenvalue weighted by molar-refractivity contribution is 5.35. The monoisotopic (exact) mass is 244 g/mol. The number of rotatable bonds is 3. The Balaban J connectivity index is 2.21. The fourth-order valence-corrected chi connectivity index (χ4v) is 2.17. The Kier molecular flexibility index (Phi) is 3.78. The maximum atomic E-state index is 12.8. The summed E-state index contributed by atoms with van der Waals surface area (Å²) in [6.45, 7) is 4.08. The lowest BCUT2D eigenvalue weighted by molar-refractivity contribution is 0.178. The molecule has 0 fully saturated rings. The highest BCUT2D eigenvalue weighted by Crippen LogP contribution is 2.23. The van der Waals surface area contributed by atoms with E-state index in [0.717, 1.165) is 11.1 Å². The molecule has 0 aliphatic carbocycles. The van der Waals surface area contributed by atoms with Gasteiger partial charge in [-0.15, -0.1) is 0 Å². The molecule has 1 N–H and O–H groups in total. The molecular weight excluding hydrogens is 227 g/mol. The summed E-state index contributed by atoms with van der Waals surface area (Å²) in [7, 11) is 0. The first-order valence-electron chi connectivity index (χ1n) is 6.06. The first-order valence-corrected chi connectivity index (χ1v) is 6.06. The zero-order valence-electron chi connectivity index (χ0n) is 10.7. The molecule has 0 bridgehead atoms. The third kappa shape index (κ3) is 2.77. The van der Waals surface area contributed by atoms with E-state index in [1.165, 1.54) is 23.3 Å². The van der Waals surface area contributed by atoms with Crippen LogP contribution in [0.5, 0.6) is 0 Å². The second-order valence-corrected chi connectivity index (χ2v) is 4.64. The number of hydrogen-bond donors (Lipinski definition) is 1. The average molecular weight is 244 g/mol. The normalized spacial score (nSPS) is 12.4. The molecule has 0 heterocycles. The Labute approximate surface area is 107 Å². The van der Waals surface area contributed by atoms with E-state index in [1.54, 1.807) is 12.1 Å². The minimum Gasteiger partial charge on any atom is -0.388 e. The van der Waals surface area contributed by atoms with Crippen molar-refractivity contribution in [1.29, 1.82) is 0 Å². The van der Waals surface area contributed by atoms with Crippen molar-refractivity contribution in [1.82, 2.24) is 0 Å². The van der Waals surface area contributed by atoms with Crippen molar-refractivity contribution in [2.75, 3.05) is 0 Å². The molecule has 1 unspecified atom stereocenters. The van der Waals surface area contributed by atoms with Crippen molar-refractivity contribution in [3.8, 4) is 0 Å². The van der Waals surface area contributed by atoms with Gasteiger partial charge >= 0.3 is 0 Å². The maximum Gasteiger partial charge on any atom is 0.123 e. The Morgan fingerprint density at radius 1 is 1.00 bits per heavy atom. The second kappa shape index (κ2) is 5.32. The molecule has 2 aromatic carbocycles. The van der Waals surface area contributed by atoms with Crippen LogP contribution in [0.1, 0.15) is 28.4 Å². The summed E-state index contributed by atoms with van der Waals surface area (Å²) in [6.07, 6.45) is -0.0326. The predicted molar refractivity (Wildman–Crippen MR) is 71.0 cm³/mol. The van der Waals surface area contributed by atoms with Crippen LogP contribution in [0.25, 0.3) is 0 Å². The second-order valence-electron chi connectivity index (χ2n) is 4.64. The first-order chi connectivity index (χ1) is 8.58. The van der Waals surface area contributed by atoms with Gasteiger partial charge < -0.3 is 5.11 Å². The molecule has 0 aliphatic rings. The molecule has 0 radical (unpaired) electrons. The Morgan fingerprint density at radius 2 is 1.56 bits per heavy atom. The summed E-state index contributed by atoms with van der Waals surface area (Å²) in [5.74, 6) is -0.280. The largest absolute Gasteiger partial charge is 0.388 e. The third-order valence-corrected chi connectivity index (χ3v) is 3.30. The number of hydrogen-bond acceptors (Lipinski definition) is 1. The van der Waals surface area contributed by atoms with Gasteiger partial charge in [-0.25, -0.2) is 4.39 Å². The van der Waals surface area contributed by atoms with Gasteiger partial charge in [0.15, 0.2) is 0 Å². The summed E-state index contributed by atoms with van der Waals surface area (Å²) in [5.41, 5.74) is 4.26. The quantitative estimate of drug-likeness (QED) is 0.872. The molecule has 18 heavy (non-hydrogen) atoms.